The Morgan fingerprint density at radius 2 is 1.70 bits per heavy atom. The maximum Gasteiger partial charge on any atom is 0.159 e. The lowest BCUT2D eigenvalue weighted by molar-refractivity contribution is 0.179. The largest absolute Gasteiger partial charge is 0.299 e. The fourth-order valence-corrected chi connectivity index (χ4v) is 3.21. The molecule has 1 heterocycles. The second kappa shape index (κ2) is 6.47. The standard InChI is InChI=1S/C19H18F2N2/c20-17-7-6-15(12-18(17)21)13-23-10-8-19(14-22,9-11-23)16-4-2-1-3-5-16/h1-7,12H,8-11,13H2. The predicted octanol–water partition coefficient (Wildman–Crippen LogP) is 4.02. The van der Waals surface area contributed by atoms with Crippen LogP contribution in [0.3, 0.4) is 0 Å². The molecule has 0 N–H and O–H groups in total. The van der Waals surface area contributed by atoms with E-state index in [0.29, 0.717) is 6.54 Å². The molecule has 0 spiro atoms. The van der Waals surface area contributed by atoms with Gasteiger partial charge in [-0.3, -0.25) is 4.90 Å². The third-order valence-corrected chi connectivity index (χ3v) is 4.64. The van der Waals surface area contributed by atoms with Crippen LogP contribution in [0.2, 0.25) is 0 Å². The highest BCUT2D eigenvalue weighted by Crippen LogP contribution is 2.35. The highest BCUT2D eigenvalue weighted by molar-refractivity contribution is 5.33. The molecule has 0 amide bonds. The summed E-state index contributed by atoms with van der Waals surface area (Å²) in [6.07, 6.45) is 1.49. The van der Waals surface area contributed by atoms with Gasteiger partial charge in [0.1, 0.15) is 0 Å². The lowest BCUT2D eigenvalue weighted by Crippen LogP contribution is -2.41. The van der Waals surface area contributed by atoms with E-state index in [2.05, 4.69) is 11.0 Å². The van der Waals surface area contributed by atoms with E-state index < -0.39 is 17.0 Å². The van der Waals surface area contributed by atoms with Crippen LogP contribution < -0.4 is 0 Å². The Bertz CT molecular complexity index is 714. The summed E-state index contributed by atoms with van der Waals surface area (Å²) < 4.78 is 26.3. The molecule has 2 aromatic carbocycles. The monoisotopic (exact) mass is 312 g/mol. The molecule has 0 aliphatic carbocycles. The average Bonchev–Trinajstić information content (AvgIpc) is 2.60. The number of likely N-dealkylation sites (tertiary alicyclic amines) is 1. The Kier molecular flexibility index (Phi) is 4.40. The molecule has 0 radical (unpaired) electrons. The first kappa shape index (κ1) is 15.6. The molecule has 23 heavy (non-hydrogen) atoms. The topological polar surface area (TPSA) is 27.0 Å². The molecule has 0 aromatic heterocycles. The quantitative estimate of drug-likeness (QED) is 0.856. The van der Waals surface area contributed by atoms with Crippen LogP contribution in [0.25, 0.3) is 0 Å². The molecule has 4 heteroatoms. The van der Waals surface area contributed by atoms with Crippen LogP contribution in [0.4, 0.5) is 8.78 Å². The van der Waals surface area contributed by atoms with E-state index in [4.69, 9.17) is 0 Å². The van der Waals surface area contributed by atoms with Gasteiger partial charge in [-0.2, -0.15) is 5.26 Å². The van der Waals surface area contributed by atoms with Gasteiger partial charge in [0, 0.05) is 19.6 Å². The van der Waals surface area contributed by atoms with Gasteiger partial charge in [-0.05, 0) is 36.1 Å². The summed E-state index contributed by atoms with van der Waals surface area (Å²) in [6, 6.07) is 16.4. The molecule has 1 aliphatic rings. The minimum atomic E-state index is -0.819. The van der Waals surface area contributed by atoms with Crippen molar-refractivity contribution in [3.63, 3.8) is 0 Å². The molecular formula is C19H18F2N2. The van der Waals surface area contributed by atoms with E-state index in [1.165, 1.54) is 6.07 Å². The van der Waals surface area contributed by atoms with E-state index in [-0.39, 0.29) is 0 Å². The Balaban J connectivity index is 1.68. The maximum absolute atomic E-state index is 13.3. The van der Waals surface area contributed by atoms with E-state index in [1.807, 2.05) is 30.3 Å². The van der Waals surface area contributed by atoms with E-state index >= 15 is 0 Å². The lowest BCUT2D eigenvalue weighted by atomic mass is 9.74. The van der Waals surface area contributed by atoms with Gasteiger partial charge in [-0.15, -0.1) is 0 Å². The number of halogens is 2. The molecular weight excluding hydrogens is 294 g/mol. The Labute approximate surface area is 135 Å². The summed E-state index contributed by atoms with van der Waals surface area (Å²) >= 11 is 0. The van der Waals surface area contributed by atoms with Crippen molar-refractivity contribution in [2.75, 3.05) is 13.1 Å². The molecule has 2 nitrogen and oxygen atoms in total. The second-order valence-electron chi connectivity index (χ2n) is 6.08. The van der Waals surface area contributed by atoms with Crippen molar-refractivity contribution in [1.82, 2.24) is 4.90 Å². The van der Waals surface area contributed by atoms with Crippen molar-refractivity contribution >= 4 is 0 Å². The zero-order valence-corrected chi connectivity index (χ0v) is 12.8. The Morgan fingerprint density at radius 1 is 1.00 bits per heavy atom. The van der Waals surface area contributed by atoms with Crippen LogP contribution in [0.15, 0.2) is 48.5 Å². The third kappa shape index (κ3) is 3.25. The molecule has 1 fully saturated rings. The molecule has 0 atom stereocenters. The van der Waals surface area contributed by atoms with Crippen molar-refractivity contribution in [1.29, 1.82) is 5.26 Å². The first-order valence-corrected chi connectivity index (χ1v) is 7.76. The number of piperidine rings is 1. The predicted molar refractivity (Wildman–Crippen MR) is 84.6 cm³/mol. The third-order valence-electron chi connectivity index (χ3n) is 4.64. The second-order valence-corrected chi connectivity index (χ2v) is 6.08. The number of nitriles is 1. The van der Waals surface area contributed by atoms with E-state index in [1.54, 1.807) is 6.07 Å². The summed E-state index contributed by atoms with van der Waals surface area (Å²) in [5, 5.41) is 9.68. The number of rotatable bonds is 3. The molecule has 2 aromatic rings. The summed E-state index contributed by atoms with van der Waals surface area (Å²) in [7, 11) is 0. The van der Waals surface area contributed by atoms with Crippen LogP contribution in [-0.2, 0) is 12.0 Å². The van der Waals surface area contributed by atoms with Gasteiger partial charge in [0.25, 0.3) is 0 Å². The fourth-order valence-electron chi connectivity index (χ4n) is 3.21. The van der Waals surface area contributed by atoms with E-state index in [9.17, 15) is 14.0 Å². The number of benzene rings is 2. The number of hydrogen-bond acceptors (Lipinski definition) is 2. The summed E-state index contributed by atoms with van der Waals surface area (Å²) in [4.78, 5) is 2.19. The van der Waals surface area contributed by atoms with E-state index in [0.717, 1.165) is 43.1 Å². The normalized spacial score (nSPS) is 17.6. The molecule has 0 bridgehead atoms. The first-order valence-electron chi connectivity index (χ1n) is 7.76. The smallest absolute Gasteiger partial charge is 0.159 e. The van der Waals surface area contributed by atoms with Crippen molar-refractivity contribution < 1.29 is 8.78 Å². The van der Waals surface area contributed by atoms with Gasteiger partial charge < -0.3 is 0 Å². The number of nitrogens with zero attached hydrogens (tertiary/aromatic N) is 2. The Hall–Kier alpha value is -2.25. The van der Waals surface area contributed by atoms with Crippen LogP contribution in [-0.4, -0.2) is 18.0 Å². The SMILES string of the molecule is N#CC1(c2ccccc2)CCN(Cc2ccc(F)c(F)c2)CC1. The fraction of sp³-hybridized carbons (Fsp3) is 0.316. The average molecular weight is 312 g/mol. The van der Waals surface area contributed by atoms with Gasteiger partial charge >= 0.3 is 0 Å². The van der Waals surface area contributed by atoms with Gasteiger partial charge in [0.15, 0.2) is 11.6 Å². The summed E-state index contributed by atoms with van der Waals surface area (Å²) in [5.41, 5.74) is 1.38. The molecule has 1 saturated heterocycles. The maximum atomic E-state index is 13.3. The Morgan fingerprint density at radius 3 is 2.30 bits per heavy atom. The van der Waals surface area contributed by atoms with Crippen LogP contribution in [0.5, 0.6) is 0 Å². The summed E-state index contributed by atoms with van der Waals surface area (Å²) in [6.45, 7) is 2.11. The van der Waals surface area contributed by atoms with Gasteiger partial charge in [0.05, 0.1) is 11.5 Å². The van der Waals surface area contributed by atoms with Crippen LogP contribution in [0, 0.1) is 23.0 Å². The molecule has 118 valence electrons. The van der Waals surface area contributed by atoms with Crippen molar-refractivity contribution in [3.8, 4) is 6.07 Å². The molecule has 3 rings (SSSR count). The van der Waals surface area contributed by atoms with Crippen molar-refractivity contribution in [3.05, 3.63) is 71.3 Å². The van der Waals surface area contributed by atoms with Gasteiger partial charge in [-0.1, -0.05) is 36.4 Å². The lowest BCUT2D eigenvalue weighted by Gasteiger charge is -2.37. The molecule has 0 saturated carbocycles. The van der Waals surface area contributed by atoms with Crippen LogP contribution in [0.1, 0.15) is 24.0 Å². The van der Waals surface area contributed by atoms with Crippen molar-refractivity contribution in [2.24, 2.45) is 0 Å². The van der Waals surface area contributed by atoms with Crippen molar-refractivity contribution in [2.45, 2.75) is 24.8 Å². The molecule has 0 unspecified atom stereocenters. The van der Waals surface area contributed by atoms with Gasteiger partial charge in [0.2, 0.25) is 0 Å². The minimum Gasteiger partial charge on any atom is -0.299 e. The highest BCUT2D eigenvalue weighted by Gasteiger charge is 2.36. The zero-order valence-electron chi connectivity index (χ0n) is 12.8. The van der Waals surface area contributed by atoms with Crippen LogP contribution >= 0.6 is 0 Å². The first-order chi connectivity index (χ1) is 11.1. The zero-order chi connectivity index (χ0) is 16.3. The number of hydrogen-bond donors (Lipinski definition) is 0. The highest BCUT2D eigenvalue weighted by atomic mass is 19.2. The molecule has 1 aliphatic heterocycles. The minimum absolute atomic E-state index is 0.439. The van der Waals surface area contributed by atoms with Gasteiger partial charge in [-0.25, -0.2) is 8.78 Å². The summed E-state index contributed by atoms with van der Waals surface area (Å²) in [5.74, 6) is -1.63.